The van der Waals surface area contributed by atoms with Gasteiger partial charge >= 0.3 is 46.3 Å². The Hall–Kier alpha value is 1.02. The van der Waals surface area contributed by atoms with Crippen LogP contribution < -0.4 is 0 Å². The van der Waals surface area contributed by atoms with E-state index in [1.54, 1.807) is 0 Å². The molecule has 0 aromatic carbocycles. The first-order valence-electron chi connectivity index (χ1n) is 1.76. The zero-order valence-electron chi connectivity index (χ0n) is 3.32. The Morgan fingerprint density at radius 1 is 1.80 bits per heavy atom. The van der Waals surface area contributed by atoms with Crippen molar-refractivity contribution in [1.29, 1.82) is 0 Å². The molecule has 0 saturated heterocycles. The topological polar surface area (TPSA) is 0 Å². The summed E-state index contributed by atoms with van der Waals surface area (Å²) in [5.41, 5.74) is 0. The van der Waals surface area contributed by atoms with Gasteiger partial charge in [0.25, 0.3) is 0 Å². The van der Waals surface area contributed by atoms with E-state index in [9.17, 15) is 0 Å². The molecule has 29 valence electrons. The van der Waals surface area contributed by atoms with Crippen LogP contribution in [0.15, 0.2) is 0 Å². The summed E-state index contributed by atoms with van der Waals surface area (Å²) in [5.74, 6) is 0. The second-order valence-electron chi connectivity index (χ2n) is 0.894. The van der Waals surface area contributed by atoms with Gasteiger partial charge in [0.2, 0.25) is 0 Å². The molecule has 5 heavy (non-hydrogen) atoms. The Balaban J connectivity index is 2.40. The van der Waals surface area contributed by atoms with Crippen molar-refractivity contribution in [3.63, 3.8) is 0 Å². The molecule has 0 aliphatic carbocycles. The Morgan fingerprint density at radius 2 is 2.40 bits per heavy atom. The van der Waals surface area contributed by atoms with Gasteiger partial charge in [-0.05, 0) is 0 Å². The third-order valence-corrected chi connectivity index (χ3v) is 3.73. The van der Waals surface area contributed by atoms with Gasteiger partial charge < -0.3 is 0 Å². The van der Waals surface area contributed by atoms with Crippen LogP contribution in [0.4, 0.5) is 0 Å². The maximum atomic E-state index is 4.82. The van der Waals surface area contributed by atoms with E-state index >= 15 is 0 Å². The maximum absolute atomic E-state index is 4.82. The number of rotatable bonds is 2. The fourth-order valence-electron chi connectivity index (χ4n) is 0.102. The van der Waals surface area contributed by atoms with E-state index in [1.807, 2.05) is 0 Å². The second kappa shape index (κ2) is 5.02. The molecule has 0 nitrogen and oxygen atoms in total. The summed E-state index contributed by atoms with van der Waals surface area (Å²) in [5, 5.41) is 0. The normalized spacial score (nSPS) is 7.40. The van der Waals surface area contributed by atoms with Crippen LogP contribution in [0.3, 0.4) is 0 Å². The van der Waals surface area contributed by atoms with Crippen LogP contribution in [0, 0.1) is 0 Å². The molecule has 0 unspecified atom stereocenters. The minimum absolute atomic E-state index is 0.211. The van der Waals surface area contributed by atoms with E-state index in [4.69, 9.17) is 9.29 Å². The van der Waals surface area contributed by atoms with Crippen molar-refractivity contribution in [3.05, 3.63) is 0 Å². The van der Waals surface area contributed by atoms with E-state index in [0.717, 1.165) is 0 Å². The molecule has 2 heteroatoms. The van der Waals surface area contributed by atoms with Crippen molar-refractivity contribution in [2.24, 2.45) is 0 Å². The zero-order valence-corrected chi connectivity index (χ0v) is 6.99. The van der Waals surface area contributed by atoms with Gasteiger partial charge in [0.1, 0.15) is 0 Å². The third kappa shape index (κ3) is 5.02. The molecular weight excluding hydrogens is 187 g/mol. The number of hydrogen-bond acceptors (Lipinski definition) is 1. The monoisotopic (exact) mass is 195 g/mol. The molecule has 0 aromatic rings. The Labute approximate surface area is 46.3 Å². The van der Waals surface area contributed by atoms with E-state index in [2.05, 4.69) is 6.92 Å². The summed E-state index contributed by atoms with van der Waals surface area (Å²) in [6, 6.07) is 0. The van der Waals surface area contributed by atoms with Crippen LogP contribution in [0.2, 0.25) is 4.44 Å². The molecule has 0 aromatic heterocycles. The molecule has 0 fully saturated rings. The molecule has 1 radical (unpaired) electrons. The summed E-state index contributed by atoms with van der Waals surface area (Å²) in [6.45, 7) is 2.19. The van der Waals surface area contributed by atoms with Crippen LogP contribution >= 0.6 is 9.29 Å². The van der Waals surface area contributed by atoms with Crippen molar-refractivity contribution >= 4 is 28.5 Å². The van der Waals surface area contributed by atoms with Crippen molar-refractivity contribution in [2.45, 2.75) is 17.8 Å². The van der Waals surface area contributed by atoms with Gasteiger partial charge in [-0.2, -0.15) is 0 Å². The SMILES string of the molecule is CC[CH2][Sn]=[S]. The van der Waals surface area contributed by atoms with Crippen LogP contribution in [0.5, 0.6) is 0 Å². The van der Waals surface area contributed by atoms with Crippen molar-refractivity contribution in [1.82, 2.24) is 0 Å². The Morgan fingerprint density at radius 3 is 2.40 bits per heavy atom. The van der Waals surface area contributed by atoms with Crippen molar-refractivity contribution < 1.29 is 0 Å². The van der Waals surface area contributed by atoms with Gasteiger partial charge in [-0.1, -0.05) is 0 Å². The average Bonchev–Trinajstić information content (AvgIpc) is 1.41. The molecule has 0 heterocycles. The first-order chi connectivity index (χ1) is 2.41. The molecule has 0 bridgehead atoms. The summed E-state index contributed by atoms with van der Waals surface area (Å²) >= 11 is -0.211. The molecule has 0 aliphatic rings. The van der Waals surface area contributed by atoms with Gasteiger partial charge in [-0.25, -0.2) is 0 Å². The molecule has 0 spiro atoms. The van der Waals surface area contributed by atoms with Gasteiger partial charge in [-0.3, -0.25) is 0 Å². The molecular formula is C3H7SSn. The summed E-state index contributed by atoms with van der Waals surface area (Å²) in [6.07, 6.45) is 1.32. The van der Waals surface area contributed by atoms with Crippen LogP contribution in [-0.4, -0.2) is 19.2 Å². The molecule has 0 saturated carbocycles. The van der Waals surface area contributed by atoms with Crippen molar-refractivity contribution in [3.8, 4) is 0 Å². The van der Waals surface area contributed by atoms with Gasteiger partial charge in [-0.15, -0.1) is 0 Å². The zero-order chi connectivity index (χ0) is 4.12. The third-order valence-electron chi connectivity index (χ3n) is 0.352. The van der Waals surface area contributed by atoms with E-state index in [-0.39, 0.29) is 19.2 Å². The second-order valence-corrected chi connectivity index (χ2v) is 5.08. The van der Waals surface area contributed by atoms with E-state index < -0.39 is 0 Å². The van der Waals surface area contributed by atoms with Crippen LogP contribution in [-0.2, 0) is 0 Å². The van der Waals surface area contributed by atoms with E-state index in [0.29, 0.717) is 0 Å². The number of hydrogen-bond donors (Lipinski definition) is 0. The van der Waals surface area contributed by atoms with Gasteiger partial charge in [0.15, 0.2) is 0 Å². The quantitative estimate of drug-likeness (QED) is 0.601. The first-order valence-corrected chi connectivity index (χ1v) is 7.69. The predicted octanol–water partition coefficient (Wildman–Crippen LogP) is 1.63. The first kappa shape index (κ1) is 6.02. The Bertz CT molecular complexity index is 28.1. The Kier molecular flexibility index (Phi) is 6.04. The minimum atomic E-state index is -0.211. The molecule has 0 rings (SSSR count). The molecule has 0 amide bonds. The fourth-order valence-corrected chi connectivity index (χ4v) is 2.05. The van der Waals surface area contributed by atoms with Gasteiger partial charge in [0.05, 0.1) is 0 Å². The standard InChI is InChI=1S/C3H7.S.Sn/c1-3-2;;/h1,3H2,2H3;;. The fraction of sp³-hybridized carbons (Fsp3) is 1.00. The average molecular weight is 194 g/mol. The summed E-state index contributed by atoms with van der Waals surface area (Å²) < 4.78 is 1.37. The van der Waals surface area contributed by atoms with Crippen LogP contribution in [0.1, 0.15) is 13.3 Å². The van der Waals surface area contributed by atoms with E-state index in [1.165, 1.54) is 10.9 Å². The predicted molar refractivity (Wildman–Crippen MR) is 28.4 cm³/mol. The summed E-state index contributed by atoms with van der Waals surface area (Å²) in [7, 11) is 4.82. The van der Waals surface area contributed by atoms with Crippen molar-refractivity contribution in [2.75, 3.05) is 0 Å². The summed E-state index contributed by atoms with van der Waals surface area (Å²) in [4.78, 5) is 0. The molecule has 0 N–H and O–H groups in total. The molecule has 0 aliphatic heterocycles. The van der Waals surface area contributed by atoms with Gasteiger partial charge in [0, 0.05) is 0 Å². The van der Waals surface area contributed by atoms with Crippen LogP contribution in [0.25, 0.3) is 0 Å². The molecule has 0 atom stereocenters.